The Bertz CT molecular complexity index is 1100. The Labute approximate surface area is 191 Å². The van der Waals surface area contributed by atoms with Crippen molar-refractivity contribution in [3.05, 3.63) is 54.1 Å². The molecule has 9 nitrogen and oxygen atoms in total. The van der Waals surface area contributed by atoms with Crippen LogP contribution >= 0.6 is 0 Å². The molecule has 2 aromatic rings. The third-order valence-corrected chi connectivity index (χ3v) is 6.20. The molecule has 1 aliphatic carbocycles. The van der Waals surface area contributed by atoms with E-state index in [0.29, 0.717) is 29.9 Å². The number of carbonyl (C=O) groups excluding carboxylic acids is 4. The molecule has 1 heterocycles. The van der Waals surface area contributed by atoms with E-state index in [9.17, 15) is 19.2 Å². The molecule has 0 aromatic heterocycles. The lowest BCUT2D eigenvalue weighted by Gasteiger charge is -2.24. The lowest BCUT2D eigenvalue weighted by atomic mass is 9.97. The van der Waals surface area contributed by atoms with Gasteiger partial charge in [-0.25, -0.2) is 14.5 Å². The lowest BCUT2D eigenvalue weighted by Crippen LogP contribution is -2.48. The van der Waals surface area contributed by atoms with Crippen molar-refractivity contribution < 1.29 is 19.2 Å². The second-order valence-corrected chi connectivity index (χ2v) is 8.53. The highest BCUT2D eigenvalue weighted by Crippen LogP contribution is 2.36. The number of anilines is 3. The number of rotatable bonds is 5. The zero-order valence-corrected chi connectivity index (χ0v) is 18.6. The maximum absolute atomic E-state index is 12.9. The summed E-state index contributed by atoms with van der Waals surface area (Å²) in [7, 11) is 0. The Kier molecular flexibility index (Phi) is 6.04. The number of aryl methyl sites for hydroxylation is 1. The summed E-state index contributed by atoms with van der Waals surface area (Å²) < 4.78 is 0. The van der Waals surface area contributed by atoms with Gasteiger partial charge in [0.05, 0.1) is 0 Å². The highest BCUT2D eigenvalue weighted by Gasteiger charge is 2.54. The monoisotopic (exact) mass is 449 g/mol. The van der Waals surface area contributed by atoms with E-state index in [1.807, 2.05) is 25.1 Å². The minimum atomic E-state index is -0.977. The van der Waals surface area contributed by atoms with Crippen LogP contribution < -0.4 is 21.3 Å². The largest absolute Gasteiger partial charge is 0.325 e. The summed E-state index contributed by atoms with van der Waals surface area (Å²) in [5.74, 6) is -0.820. The quantitative estimate of drug-likeness (QED) is 0.519. The molecule has 172 valence electrons. The molecule has 33 heavy (non-hydrogen) atoms. The van der Waals surface area contributed by atoms with Crippen molar-refractivity contribution in [3.8, 4) is 0 Å². The zero-order valence-electron chi connectivity index (χ0n) is 18.6. The molecule has 0 bridgehead atoms. The van der Waals surface area contributed by atoms with Crippen LogP contribution in [0.4, 0.5) is 26.7 Å². The summed E-state index contributed by atoms with van der Waals surface area (Å²) in [4.78, 5) is 51.7. The first-order valence-electron chi connectivity index (χ1n) is 11.0. The molecule has 1 saturated carbocycles. The van der Waals surface area contributed by atoms with Crippen molar-refractivity contribution in [2.24, 2.45) is 0 Å². The number of hydrogen-bond acceptors (Lipinski definition) is 4. The van der Waals surface area contributed by atoms with E-state index in [4.69, 9.17) is 0 Å². The predicted molar refractivity (Wildman–Crippen MR) is 125 cm³/mol. The van der Waals surface area contributed by atoms with Crippen molar-refractivity contribution >= 4 is 40.9 Å². The van der Waals surface area contributed by atoms with Gasteiger partial charge in [0.25, 0.3) is 5.91 Å². The fourth-order valence-electron chi connectivity index (χ4n) is 4.31. The van der Waals surface area contributed by atoms with Gasteiger partial charge in [0, 0.05) is 17.1 Å². The van der Waals surface area contributed by atoms with E-state index < -0.39 is 29.6 Å². The van der Waals surface area contributed by atoms with E-state index in [1.165, 1.54) is 6.92 Å². The molecule has 1 spiro atoms. The van der Waals surface area contributed by atoms with Gasteiger partial charge in [-0.2, -0.15) is 0 Å². The summed E-state index contributed by atoms with van der Waals surface area (Å²) in [5, 5.41) is 11.0. The van der Waals surface area contributed by atoms with Crippen LogP contribution in [0.1, 0.15) is 38.2 Å². The van der Waals surface area contributed by atoms with Crippen molar-refractivity contribution in [2.45, 2.75) is 51.1 Å². The Morgan fingerprint density at radius 3 is 2.33 bits per heavy atom. The van der Waals surface area contributed by atoms with E-state index >= 15 is 0 Å². The van der Waals surface area contributed by atoms with E-state index in [-0.39, 0.29) is 5.91 Å². The fraction of sp³-hybridized carbons (Fsp3) is 0.333. The number of amides is 6. The summed E-state index contributed by atoms with van der Waals surface area (Å²) in [6.07, 6.45) is 2.94. The molecule has 0 radical (unpaired) electrons. The van der Waals surface area contributed by atoms with Crippen LogP contribution in [0, 0.1) is 6.92 Å². The summed E-state index contributed by atoms with van der Waals surface area (Å²) in [5.41, 5.74) is 1.52. The van der Waals surface area contributed by atoms with Gasteiger partial charge in [-0.15, -0.1) is 0 Å². The normalized spacial score (nSPS) is 17.6. The first-order valence-corrected chi connectivity index (χ1v) is 11.0. The van der Waals surface area contributed by atoms with Gasteiger partial charge < -0.3 is 21.3 Å². The smallest absolute Gasteiger partial charge is 0.324 e. The van der Waals surface area contributed by atoms with Crippen LogP contribution in [0.5, 0.6) is 0 Å². The number of benzene rings is 2. The van der Waals surface area contributed by atoms with Crippen LogP contribution in [0.15, 0.2) is 48.5 Å². The fourth-order valence-corrected chi connectivity index (χ4v) is 4.31. The van der Waals surface area contributed by atoms with Crippen LogP contribution in [0.3, 0.4) is 0 Å². The molecule has 2 aromatic carbocycles. The van der Waals surface area contributed by atoms with Crippen LogP contribution in [-0.2, 0) is 9.59 Å². The molecular weight excluding hydrogens is 422 g/mol. The van der Waals surface area contributed by atoms with Crippen molar-refractivity contribution in [1.29, 1.82) is 0 Å². The van der Waals surface area contributed by atoms with E-state index in [2.05, 4.69) is 21.3 Å². The molecule has 1 saturated heterocycles. The van der Waals surface area contributed by atoms with Gasteiger partial charge in [0.1, 0.15) is 11.6 Å². The molecule has 9 heteroatoms. The Morgan fingerprint density at radius 2 is 1.64 bits per heavy atom. The predicted octanol–water partition coefficient (Wildman–Crippen LogP) is 3.83. The summed E-state index contributed by atoms with van der Waals surface area (Å²) in [6.45, 7) is 3.35. The molecule has 2 fully saturated rings. The van der Waals surface area contributed by atoms with Gasteiger partial charge in [0.2, 0.25) is 5.91 Å². The molecular formula is C24H27N5O4. The third-order valence-electron chi connectivity index (χ3n) is 6.20. The molecule has 4 rings (SSSR count). The minimum Gasteiger partial charge on any atom is -0.324 e. The molecule has 6 amide bonds. The number of hydrogen-bond donors (Lipinski definition) is 4. The van der Waals surface area contributed by atoms with E-state index in [1.54, 1.807) is 30.3 Å². The maximum atomic E-state index is 12.9. The highest BCUT2D eigenvalue weighted by molar-refractivity contribution is 6.11. The molecule has 1 atom stereocenters. The first-order chi connectivity index (χ1) is 15.8. The van der Waals surface area contributed by atoms with Crippen molar-refractivity contribution in [3.63, 3.8) is 0 Å². The van der Waals surface area contributed by atoms with Gasteiger partial charge >= 0.3 is 12.1 Å². The van der Waals surface area contributed by atoms with Crippen LogP contribution in [0.25, 0.3) is 0 Å². The van der Waals surface area contributed by atoms with Gasteiger partial charge in [-0.1, -0.05) is 37.1 Å². The van der Waals surface area contributed by atoms with Crippen LogP contribution in [-0.4, -0.2) is 40.4 Å². The number of carbonyl (C=O) groups is 4. The zero-order chi connectivity index (χ0) is 23.6. The van der Waals surface area contributed by atoms with Gasteiger partial charge in [-0.3, -0.25) is 9.59 Å². The van der Waals surface area contributed by atoms with Crippen LogP contribution in [0.2, 0.25) is 0 Å². The Balaban J connectivity index is 1.43. The molecule has 4 N–H and O–H groups in total. The number of nitrogens with zero attached hydrogens (tertiary/aromatic N) is 1. The topological polar surface area (TPSA) is 120 Å². The summed E-state index contributed by atoms with van der Waals surface area (Å²) in [6, 6.07) is 12.2. The Hall–Kier alpha value is -3.88. The van der Waals surface area contributed by atoms with Gasteiger partial charge in [-0.05, 0) is 56.5 Å². The SMILES string of the molecule is Cc1ccc(NC(=O)Nc2ccccc2)cc1NC(=O)C(C)N1C(=O)NC2(CCCC2)C1=O. The number of nitrogens with one attached hydrogen (secondary N) is 4. The lowest BCUT2D eigenvalue weighted by molar-refractivity contribution is -0.136. The average Bonchev–Trinajstić information content (AvgIpc) is 3.35. The standard InChI is InChI=1S/C24H27N5O4/c1-15-10-11-18(26-22(32)25-17-8-4-3-5-9-17)14-19(15)27-20(30)16(2)29-21(31)24(28-23(29)33)12-6-7-13-24/h3-5,8-11,14,16H,6-7,12-13H2,1-2H3,(H,27,30)(H,28,33)(H2,25,26,32). The number of imide groups is 1. The van der Waals surface area contributed by atoms with Crippen molar-refractivity contribution in [2.75, 3.05) is 16.0 Å². The minimum absolute atomic E-state index is 0.336. The third kappa shape index (κ3) is 4.52. The Morgan fingerprint density at radius 1 is 0.970 bits per heavy atom. The molecule has 1 unspecified atom stereocenters. The molecule has 1 aliphatic heterocycles. The van der Waals surface area contributed by atoms with Gasteiger partial charge in [0.15, 0.2) is 0 Å². The molecule has 2 aliphatic rings. The number of urea groups is 2. The second-order valence-electron chi connectivity index (χ2n) is 8.53. The average molecular weight is 450 g/mol. The second kappa shape index (κ2) is 8.93. The highest BCUT2D eigenvalue weighted by atomic mass is 16.2. The maximum Gasteiger partial charge on any atom is 0.325 e. The van der Waals surface area contributed by atoms with Crippen molar-refractivity contribution in [1.82, 2.24) is 10.2 Å². The summed E-state index contributed by atoms with van der Waals surface area (Å²) >= 11 is 0. The van der Waals surface area contributed by atoms with E-state index in [0.717, 1.165) is 23.3 Å². The number of para-hydroxylation sites is 1. The first kappa shape index (κ1) is 22.3.